The average molecular weight is 262 g/mol. The first kappa shape index (κ1) is 13.5. The van der Waals surface area contributed by atoms with Gasteiger partial charge in [-0.05, 0) is 51.2 Å². The second kappa shape index (κ2) is 5.84. The molecular weight excluding hydrogens is 244 g/mol. The maximum atomic E-state index is 12.1. The van der Waals surface area contributed by atoms with Crippen molar-refractivity contribution >= 4 is 17.6 Å². The smallest absolute Gasteiger partial charge is 0.335 e. The highest BCUT2D eigenvalue weighted by Gasteiger charge is 2.23. The predicted molar refractivity (Wildman–Crippen MR) is 72.3 cm³/mol. The van der Waals surface area contributed by atoms with Gasteiger partial charge in [0.15, 0.2) is 0 Å². The van der Waals surface area contributed by atoms with E-state index in [1.54, 1.807) is 12.1 Å². The number of hydrogen-bond donors (Lipinski definition) is 2. The van der Waals surface area contributed by atoms with Crippen LogP contribution in [0.5, 0.6) is 0 Å². The fourth-order valence-corrected chi connectivity index (χ4v) is 2.25. The van der Waals surface area contributed by atoms with Gasteiger partial charge < -0.3 is 15.3 Å². The zero-order chi connectivity index (χ0) is 13.8. The van der Waals surface area contributed by atoms with Gasteiger partial charge in [0.2, 0.25) is 5.91 Å². The molecule has 0 bridgehead atoms. The number of rotatable bonds is 3. The summed E-state index contributed by atoms with van der Waals surface area (Å²) < 4.78 is 0. The van der Waals surface area contributed by atoms with Crippen molar-refractivity contribution in [1.82, 2.24) is 4.90 Å². The van der Waals surface area contributed by atoms with E-state index in [1.165, 1.54) is 12.1 Å². The van der Waals surface area contributed by atoms with Crippen LogP contribution >= 0.6 is 0 Å². The van der Waals surface area contributed by atoms with Crippen LogP contribution in [-0.4, -0.2) is 42.0 Å². The van der Waals surface area contributed by atoms with Gasteiger partial charge in [-0.25, -0.2) is 4.79 Å². The van der Waals surface area contributed by atoms with Crippen LogP contribution in [0.15, 0.2) is 24.3 Å². The lowest BCUT2D eigenvalue weighted by Crippen LogP contribution is -2.35. The van der Waals surface area contributed by atoms with E-state index >= 15 is 0 Å². The summed E-state index contributed by atoms with van der Waals surface area (Å²) in [5.41, 5.74) is 0.727. The van der Waals surface area contributed by atoms with E-state index in [0.29, 0.717) is 5.69 Å². The van der Waals surface area contributed by atoms with Crippen LogP contribution in [-0.2, 0) is 4.79 Å². The minimum atomic E-state index is -0.990. The van der Waals surface area contributed by atoms with Crippen molar-refractivity contribution in [2.45, 2.75) is 12.8 Å². The van der Waals surface area contributed by atoms with Crippen LogP contribution < -0.4 is 5.32 Å². The Labute approximate surface area is 112 Å². The maximum absolute atomic E-state index is 12.1. The van der Waals surface area contributed by atoms with Crippen molar-refractivity contribution in [3.63, 3.8) is 0 Å². The summed E-state index contributed by atoms with van der Waals surface area (Å²) >= 11 is 0. The number of likely N-dealkylation sites (tertiary alicyclic amines) is 1. The fourth-order valence-electron chi connectivity index (χ4n) is 2.25. The number of carbonyl (C=O) groups excluding carboxylic acids is 1. The van der Waals surface area contributed by atoms with Crippen molar-refractivity contribution < 1.29 is 14.7 Å². The van der Waals surface area contributed by atoms with Crippen LogP contribution in [0.25, 0.3) is 0 Å². The van der Waals surface area contributed by atoms with Gasteiger partial charge in [-0.1, -0.05) is 6.07 Å². The molecule has 5 heteroatoms. The summed E-state index contributed by atoms with van der Waals surface area (Å²) in [6.45, 7) is 1.85. The zero-order valence-electron chi connectivity index (χ0n) is 10.9. The maximum Gasteiger partial charge on any atom is 0.335 e. The Morgan fingerprint density at radius 2 is 2.00 bits per heavy atom. The Morgan fingerprint density at radius 1 is 1.32 bits per heavy atom. The average Bonchev–Trinajstić information content (AvgIpc) is 2.39. The van der Waals surface area contributed by atoms with Crippen molar-refractivity contribution in [3.8, 4) is 0 Å². The molecule has 1 fully saturated rings. The van der Waals surface area contributed by atoms with Gasteiger partial charge >= 0.3 is 5.97 Å². The van der Waals surface area contributed by atoms with E-state index in [0.717, 1.165) is 25.9 Å². The van der Waals surface area contributed by atoms with Gasteiger partial charge in [-0.3, -0.25) is 4.79 Å². The van der Waals surface area contributed by atoms with Gasteiger partial charge in [-0.2, -0.15) is 0 Å². The molecule has 1 amide bonds. The van der Waals surface area contributed by atoms with Crippen LogP contribution in [0.1, 0.15) is 23.2 Å². The second-order valence-corrected chi connectivity index (χ2v) is 4.95. The number of amides is 1. The largest absolute Gasteiger partial charge is 0.478 e. The monoisotopic (exact) mass is 262 g/mol. The Bertz CT molecular complexity index is 479. The minimum Gasteiger partial charge on any atom is -0.478 e. The molecule has 1 aliphatic heterocycles. The molecule has 1 aliphatic rings. The SMILES string of the molecule is CN1CCC(C(=O)Nc2cccc(C(=O)O)c2)CC1. The van der Waals surface area contributed by atoms with Crippen LogP contribution in [0.2, 0.25) is 0 Å². The Hall–Kier alpha value is -1.88. The number of nitrogens with one attached hydrogen (secondary N) is 1. The Morgan fingerprint density at radius 3 is 2.63 bits per heavy atom. The van der Waals surface area contributed by atoms with Crippen LogP contribution in [0, 0.1) is 5.92 Å². The molecule has 5 nitrogen and oxygen atoms in total. The number of aromatic carboxylic acids is 1. The Kier molecular flexibility index (Phi) is 4.16. The van der Waals surface area contributed by atoms with E-state index in [4.69, 9.17) is 5.11 Å². The number of hydrogen-bond acceptors (Lipinski definition) is 3. The van der Waals surface area contributed by atoms with Gasteiger partial charge in [0.1, 0.15) is 0 Å². The molecule has 102 valence electrons. The molecule has 0 atom stereocenters. The normalized spacial score (nSPS) is 17.1. The van der Waals surface area contributed by atoms with E-state index in [1.807, 2.05) is 7.05 Å². The third kappa shape index (κ3) is 3.54. The molecule has 1 saturated heterocycles. The highest BCUT2D eigenvalue weighted by atomic mass is 16.4. The lowest BCUT2D eigenvalue weighted by Gasteiger charge is -2.28. The van der Waals surface area contributed by atoms with Crippen molar-refractivity contribution in [1.29, 1.82) is 0 Å². The number of carboxylic acids is 1. The first-order chi connectivity index (χ1) is 9.06. The van der Waals surface area contributed by atoms with E-state index in [9.17, 15) is 9.59 Å². The van der Waals surface area contributed by atoms with E-state index in [-0.39, 0.29) is 17.4 Å². The predicted octanol–water partition coefficient (Wildman–Crippen LogP) is 1.67. The summed E-state index contributed by atoms with van der Waals surface area (Å²) in [6.07, 6.45) is 1.70. The van der Waals surface area contributed by atoms with Gasteiger partial charge in [-0.15, -0.1) is 0 Å². The highest BCUT2D eigenvalue weighted by Crippen LogP contribution is 2.19. The first-order valence-corrected chi connectivity index (χ1v) is 6.39. The first-order valence-electron chi connectivity index (χ1n) is 6.39. The lowest BCUT2D eigenvalue weighted by atomic mass is 9.96. The summed E-state index contributed by atoms with van der Waals surface area (Å²) in [4.78, 5) is 25.1. The molecule has 1 aromatic carbocycles. The molecule has 0 spiro atoms. The molecule has 1 aromatic rings. The molecule has 2 rings (SSSR count). The highest BCUT2D eigenvalue weighted by molar-refractivity contribution is 5.95. The summed E-state index contributed by atoms with van der Waals surface area (Å²) in [5, 5.41) is 11.7. The number of piperidine rings is 1. The molecule has 2 N–H and O–H groups in total. The topological polar surface area (TPSA) is 69.6 Å². The quantitative estimate of drug-likeness (QED) is 0.869. The third-order valence-corrected chi connectivity index (χ3v) is 3.47. The summed E-state index contributed by atoms with van der Waals surface area (Å²) in [7, 11) is 2.05. The van der Waals surface area contributed by atoms with Crippen molar-refractivity contribution in [2.75, 3.05) is 25.5 Å². The van der Waals surface area contributed by atoms with Gasteiger partial charge in [0.25, 0.3) is 0 Å². The standard InChI is InChI=1S/C14H18N2O3/c1-16-7-5-10(6-8-16)13(17)15-12-4-2-3-11(9-12)14(18)19/h2-4,9-10H,5-8H2,1H3,(H,15,17)(H,18,19). The minimum absolute atomic E-state index is 0.0179. The van der Waals surface area contributed by atoms with Gasteiger partial charge in [0, 0.05) is 11.6 Å². The molecule has 0 saturated carbocycles. The Balaban J connectivity index is 1.98. The molecular formula is C14H18N2O3. The van der Waals surface area contributed by atoms with Crippen molar-refractivity contribution in [2.24, 2.45) is 5.92 Å². The number of anilines is 1. The zero-order valence-corrected chi connectivity index (χ0v) is 10.9. The molecule has 1 heterocycles. The molecule has 19 heavy (non-hydrogen) atoms. The fraction of sp³-hybridized carbons (Fsp3) is 0.429. The number of carbonyl (C=O) groups is 2. The lowest BCUT2D eigenvalue weighted by molar-refractivity contribution is -0.121. The molecule has 0 radical (unpaired) electrons. The molecule has 0 aromatic heterocycles. The summed E-state index contributed by atoms with van der Waals surface area (Å²) in [5.74, 6) is -0.990. The second-order valence-electron chi connectivity index (χ2n) is 4.95. The summed E-state index contributed by atoms with van der Waals surface area (Å²) in [6, 6.07) is 6.33. The number of benzene rings is 1. The number of carboxylic acid groups (broad SMARTS) is 1. The third-order valence-electron chi connectivity index (χ3n) is 3.47. The van der Waals surface area contributed by atoms with Crippen molar-refractivity contribution in [3.05, 3.63) is 29.8 Å². The van der Waals surface area contributed by atoms with Crippen LogP contribution in [0.4, 0.5) is 5.69 Å². The van der Waals surface area contributed by atoms with E-state index < -0.39 is 5.97 Å². The van der Waals surface area contributed by atoms with E-state index in [2.05, 4.69) is 10.2 Å². The molecule has 0 aliphatic carbocycles. The number of nitrogens with zero attached hydrogens (tertiary/aromatic N) is 1. The van der Waals surface area contributed by atoms with Crippen LogP contribution in [0.3, 0.4) is 0 Å². The van der Waals surface area contributed by atoms with Gasteiger partial charge in [0.05, 0.1) is 5.56 Å². The molecule has 0 unspecified atom stereocenters.